The van der Waals surface area contributed by atoms with Crippen molar-refractivity contribution in [1.82, 2.24) is 9.97 Å². The highest BCUT2D eigenvalue weighted by molar-refractivity contribution is 6.34. The molecule has 0 spiro atoms. The molecule has 4 heteroatoms. The van der Waals surface area contributed by atoms with Crippen molar-refractivity contribution < 1.29 is 4.74 Å². The van der Waals surface area contributed by atoms with Crippen molar-refractivity contribution in [2.75, 3.05) is 7.11 Å². The van der Waals surface area contributed by atoms with Gasteiger partial charge in [0.2, 0.25) is 5.88 Å². The molecule has 0 saturated carbocycles. The Balaban J connectivity index is 2.84. The highest BCUT2D eigenvalue weighted by atomic mass is 35.5. The summed E-state index contributed by atoms with van der Waals surface area (Å²) in [7, 11) is 1.58. The van der Waals surface area contributed by atoms with Crippen molar-refractivity contribution in [3.63, 3.8) is 0 Å². The first kappa shape index (κ1) is 8.26. The summed E-state index contributed by atoms with van der Waals surface area (Å²) in [6, 6.07) is 3.64. The van der Waals surface area contributed by atoms with Gasteiger partial charge in [-0.25, -0.2) is 9.97 Å². The number of hydrogen-bond donors (Lipinski definition) is 0. The molecule has 0 unspecified atom stereocenters. The van der Waals surface area contributed by atoms with Gasteiger partial charge in [0.05, 0.1) is 7.11 Å². The van der Waals surface area contributed by atoms with Crippen LogP contribution in [-0.2, 0) is 0 Å². The second-order valence-electron chi connectivity index (χ2n) is 2.52. The summed E-state index contributed by atoms with van der Waals surface area (Å²) in [5, 5.41) is 2.21. The molecule has 0 amide bonds. The second kappa shape index (κ2) is 3.18. The zero-order valence-corrected chi connectivity index (χ0v) is 7.75. The lowest BCUT2D eigenvalue weighted by molar-refractivity contribution is 0.403. The zero-order valence-electron chi connectivity index (χ0n) is 6.99. The van der Waals surface area contributed by atoms with Crippen molar-refractivity contribution in [2.45, 2.75) is 0 Å². The summed E-state index contributed by atoms with van der Waals surface area (Å²) < 4.78 is 5.08. The molecule has 0 aliphatic rings. The Morgan fingerprint density at radius 1 is 1.15 bits per heavy atom. The molecule has 0 aliphatic heterocycles. The fourth-order valence-electron chi connectivity index (χ4n) is 1.20. The number of ether oxygens (including phenoxy) is 1. The van der Waals surface area contributed by atoms with E-state index in [9.17, 15) is 0 Å². The number of rotatable bonds is 1. The predicted octanol–water partition coefficient (Wildman–Crippen LogP) is 2.29. The first-order valence-corrected chi connectivity index (χ1v) is 4.14. The summed E-state index contributed by atoms with van der Waals surface area (Å²) in [4.78, 5) is 8.02. The highest BCUT2D eigenvalue weighted by Gasteiger charge is 2.04. The minimum atomic E-state index is 0.471. The second-order valence-corrected chi connectivity index (χ2v) is 2.88. The summed E-state index contributed by atoms with van der Waals surface area (Å²) in [5.74, 6) is 0.571. The molecule has 0 bridgehead atoms. The quantitative estimate of drug-likeness (QED) is 0.654. The van der Waals surface area contributed by atoms with E-state index in [-0.39, 0.29) is 0 Å². The minimum Gasteiger partial charge on any atom is -0.481 e. The number of hydrogen-bond acceptors (Lipinski definition) is 3. The van der Waals surface area contributed by atoms with Crippen LogP contribution >= 0.6 is 11.6 Å². The Labute approximate surface area is 80.3 Å². The van der Waals surface area contributed by atoms with Crippen molar-refractivity contribution in [2.24, 2.45) is 0 Å². The van der Waals surface area contributed by atoms with Gasteiger partial charge in [-0.05, 0) is 12.1 Å². The van der Waals surface area contributed by atoms with E-state index in [1.807, 2.05) is 12.1 Å². The van der Waals surface area contributed by atoms with E-state index in [4.69, 9.17) is 16.3 Å². The van der Waals surface area contributed by atoms with Gasteiger partial charge >= 0.3 is 0 Å². The SMILES string of the molecule is COc1nccc2c(Cl)nccc12. The molecule has 2 heterocycles. The normalized spacial score (nSPS) is 10.3. The third-order valence-corrected chi connectivity index (χ3v) is 2.10. The summed E-state index contributed by atoms with van der Waals surface area (Å²) >= 11 is 5.89. The van der Waals surface area contributed by atoms with E-state index in [0.29, 0.717) is 11.0 Å². The Kier molecular flexibility index (Phi) is 2.02. The monoisotopic (exact) mass is 194 g/mol. The van der Waals surface area contributed by atoms with Crippen LogP contribution in [0.2, 0.25) is 5.15 Å². The maximum atomic E-state index is 5.89. The number of pyridine rings is 2. The maximum Gasteiger partial charge on any atom is 0.221 e. The lowest BCUT2D eigenvalue weighted by Crippen LogP contribution is -1.89. The third-order valence-electron chi connectivity index (χ3n) is 1.80. The lowest BCUT2D eigenvalue weighted by Gasteiger charge is -2.03. The van der Waals surface area contributed by atoms with Crippen LogP contribution in [-0.4, -0.2) is 17.1 Å². The number of aromatic nitrogens is 2. The average molecular weight is 195 g/mol. The molecule has 3 nitrogen and oxygen atoms in total. The Hall–Kier alpha value is -1.35. The first-order valence-electron chi connectivity index (χ1n) is 3.76. The molecule has 0 aromatic carbocycles. The summed E-state index contributed by atoms with van der Waals surface area (Å²) in [6.45, 7) is 0. The van der Waals surface area contributed by atoms with Gasteiger partial charge in [-0.1, -0.05) is 11.6 Å². The fraction of sp³-hybridized carbons (Fsp3) is 0.111. The van der Waals surface area contributed by atoms with Crippen LogP contribution in [0, 0.1) is 0 Å². The lowest BCUT2D eigenvalue weighted by atomic mass is 10.2. The predicted molar refractivity (Wildman–Crippen MR) is 51.1 cm³/mol. The summed E-state index contributed by atoms with van der Waals surface area (Å²) in [6.07, 6.45) is 3.28. The van der Waals surface area contributed by atoms with Gasteiger partial charge in [0, 0.05) is 23.2 Å². The molecular weight excluding hydrogens is 188 g/mol. The van der Waals surface area contributed by atoms with Crippen LogP contribution in [0.1, 0.15) is 0 Å². The maximum absolute atomic E-state index is 5.89. The first-order chi connectivity index (χ1) is 6.33. The highest BCUT2D eigenvalue weighted by Crippen LogP contribution is 2.26. The van der Waals surface area contributed by atoms with Crippen LogP contribution in [0.3, 0.4) is 0 Å². The van der Waals surface area contributed by atoms with E-state index in [1.165, 1.54) is 0 Å². The van der Waals surface area contributed by atoms with Crippen LogP contribution in [0.15, 0.2) is 24.5 Å². The van der Waals surface area contributed by atoms with E-state index in [2.05, 4.69) is 9.97 Å². The van der Waals surface area contributed by atoms with Gasteiger partial charge in [0.25, 0.3) is 0 Å². The smallest absolute Gasteiger partial charge is 0.221 e. The minimum absolute atomic E-state index is 0.471. The molecule has 0 atom stereocenters. The molecule has 2 aromatic heterocycles. The van der Waals surface area contributed by atoms with E-state index < -0.39 is 0 Å². The molecule has 13 heavy (non-hydrogen) atoms. The van der Waals surface area contributed by atoms with Crippen molar-refractivity contribution >= 4 is 22.4 Å². The third kappa shape index (κ3) is 1.31. The molecule has 2 aromatic rings. The number of halogens is 1. The van der Waals surface area contributed by atoms with Crippen LogP contribution < -0.4 is 4.74 Å². The van der Waals surface area contributed by atoms with Gasteiger partial charge in [-0.15, -0.1) is 0 Å². The van der Waals surface area contributed by atoms with Crippen LogP contribution in [0.25, 0.3) is 10.8 Å². The van der Waals surface area contributed by atoms with Gasteiger partial charge in [0.15, 0.2) is 0 Å². The summed E-state index contributed by atoms with van der Waals surface area (Å²) in [5.41, 5.74) is 0. The largest absolute Gasteiger partial charge is 0.481 e. The number of methoxy groups -OCH3 is 1. The number of nitrogens with zero attached hydrogens (tertiary/aromatic N) is 2. The molecule has 0 saturated heterocycles. The van der Waals surface area contributed by atoms with Gasteiger partial charge in [0.1, 0.15) is 5.15 Å². The van der Waals surface area contributed by atoms with E-state index in [1.54, 1.807) is 19.5 Å². The van der Waals surface area contributed by atoms with Gasteiger partial charge in [-0.3, -0.25) is 0 Å². The molecule has 0 aliphatic carbocycles. The van der Waals surface area contributed by atoms with Crippen LogP contribution in [0.5, 0.6) is 5.88 Å². The molecular formula is C9H7ClN2O. The Morgan fingerprint density at radius 3 is 2.62 bits per heavy atom. The Bertz CT molecular complexity index is 445. The van der Waals surface area contributed by atoms with Crippen LogP contribution in [0.4, 0.5) is 0 Å². The Morgan fingerprint density at radius 2 is 1.85 bits per heavy atom. The fourth-order valence-corrected chi connectivity index (χ4v) is 1.43. The number of fused-ring (bicyclic) bond motifs is 1. The van der Waals surface area contributed by atoms with Gasteiger partial charge < -0.3 is 4.74 Å². The standard InChI is InChI=1S/C9H7ClN2O/c1-13-9-7-3-4-11-8(10)6(7)2-5-12-9/h2-5H,1H3. The molecule has 0 N–H and O–H groups in total. The van der Waals surface area contributed by atoms with Crippen molar-refractivity contribution in [1.29, 1.82) is 0 Å². The topological polar surface area (TPSA) is 35.0 Å². The van der Waals surface area contributed by atoms with Crippen molar-refractivity contribution in [3.05, 3.63) is 29.7 Å². The van der Waals surface area contributed by atoms with E-state index >= 15 is 0 Å². The molecule has 66 valence electrons. The van der Waals surface area contributed by atoms with E-state index in [0.717, 1.165) is 10.8 Å². The molecule has 2 rings (SSSR count). The van der Waals surface area contributed by atoms with Crippen molar-refractivity contribution in [3.8, 4) is 5.88 Å². The van der Waals surface area contributed by atoms with Gasteiger partial charge in [-0.2, -0.15) is 0 Å². The average Bonchev–Trinajstić information content (AvgIpc) is 2.18. The molecule has 0 fully saturated rings. The zero-order chi connectivity index (χ0) is 9.26. The molecule has 0 radical (unpaired) electrons.